The molecule has 0 radical (unpaired) electrons. The topological polar surface area (TPSA) is 78.8 Å². The maximum atomic E-state index is 8.95. The Morgan fingerprint density at radius 1 is 0.878 bits per heavy atom. The summed E-state index contributed by atoms with van der Waals surface area (Å²) in [4.78, 5) is 0. The highest BCUT2D eigenvalue weighted by molar-refractivity contribution is 5.94. The number of aryl methyl sites for hydroxylation is 1. The molecule has 3 aromatic heterocycles. The molecular weight excluding hydrogens is 506 g/mol. The third-order valence-electron chi connectivity index (χ3n) is 6.93. The largest absolute Gasteiger partial charge is 0.457 e. The van der Waals surface area contributed by atoms with Gasteiger partial charge in [0.25, 0.3) is 0 Å². The van der Waals surface area contributed by atoms with Gasteiger partial charge in [0.05, 0.1) is 12.1 Å². The van der Waals surface area contributed by atoms with Crippen molar-refractivity contribution in [3.8, 4) is 23.5 Å². The Labute approximate surface area is 239 Å². The Morgan fingerprint density at radius 3 is 2.20 bits per heavy atom. The van der Waals surface area contributed by atoms with Crippen LogP contribution in [0.25, 0.3) is 52.1 Å². The molecule has 0 unspecified atom stereocenters. The highest BCUT2D eigenvalue weighted by Gasteiger charge is 2.14. The summed E-state index contributed by atoms with van der Waals surface area (Å²) in [5, 5.41) is 21.4. The highest BCUT2D eigenvalue weighted by atomic mass is 16.3. The van der Waals surface area contributed by atoms with Crippen molar-refractivity contribution in [2.45, 2.75) is 40.2 Å². The van der Waals surface area contributed by atoms with Gasteiger partial charge in [0.2, 0.25) is 0 Å². The van der Waals surface area contributed by atoms with Crippen molar-refractivity contribution >= 4 is 40.8 Å². The number of benzene rings is 1. The first kappa shape index (κ1) is 27.3. The van der Waals surface area contributed by atoms with Gasteiger partial charge in [-0.25, -0.2) is 0 Å². The fourth-order valence-electron chi connectivity index (χ4n) is 4.92. The Morgan fingerprint density at radius 2 is 1.54 bits per heavy atom. The Balaban J connectivity index is 1.55. The number of allylic oxidation sites excluding steroid dienone is 8. The molecule has 1 aromatic carbocycles. The minimum atomic E-state index is 0.641. The first-order valence-corrected chi connectivity index (χ1v) is 13.8. The van der Waals surface area contributed by atoms with E-state index >= 15 is 0 Å². The summed E-state index contributed by atoms with van der Waals surface area (Å²) in [6, 6.07) is 18.6. The zero-order valence-corrected chi connectivity index (χ0v) is 23.5. The summed E-state index contributed by atoms with van der Waals surface area (Å²) >= 11 is 0. The van der Waals surface area contributed by atoms with Crippen LogP contribution in [-0.2, 0) is 6.54 Å². The van der Waals surface area contributed by atoms with Gasteiger partial charge in [0.15, 0.2) is 0 Å². The maximum absolute atomic E-state index is 8.95. The van der Waals surface area contributed by atoms with Crippen LogP contribution in [0, 0.1) is 22.7 Å². The molecule has 41 heavy (non-hydrogen) atoms. The van der Waals surface area contributed by atoms with Gasteiger partial charge in [-0.05, 0) is 99.5 Å². The average Bonchev–Trinajstić information content (AvgIpc) is 3.68. The van der Waals surface area contributed by atoms with Crippen LogP contribution in [0.3, 0.4) is 0 Å². The predicted molar refractivity (Wildman–Crippen MR) is 166 cm³/mol. The Hall–Kier alpha value is -5.26. The second-order valence-corrected chi connectivity index (χ2v) is 9.97. The van der Waals surface area contributed by atoms with E-state index in [4.69, 9.17) is 19.4 Å². The Kier molecular flexibility index (Phi) is 8.18. The molecule has 5 rings (SSSR count). The summed E-state index contributed by atoms with van der Waals surface area (Å²) in [5.74, 6) is 3.07. The monoisotopic (exact) mass is 537 g/mol. The Bertz CT molecular complexity index is 1970. The first-order chi connectivity index (χ1) is 20.0. The number of aromatic nitrogens is 1. The summed E-state index contributed by atoms with van der Waals surface area (Å²) in [5.41, 5.74) is 4.52. The zero-order chi connectivity index (χ0) is 28.8. The highest BCUT2D eigenvalue weighted by Crippen LogP contribution is 2.27. The molecule has 0 saturated heterocycles. The van der Waals surface area contributed by atoms with Gasteiger partial charge in [0, 0.05) is 50.3 Å². The number of rotatable bonds is 8. The standard InChI is InChI=1S/C36H31N3O2/c1-4-20-39-33-13-7-10-27(35-18-15-29(40-35)11-5-8-25(2)23-37)21-31(33)32-22-28(14-17-34(32)39)36-19-16-30(41-36)12-6-9-26(3)24-38/h5-6,8-19,21-22H,4,7,20H2,1-3H3/b11-5+,12-6+,25-8-,26-9-. The molecule has 5 heteroatoms. The lowest BCUT2D eigenvalue weighted by Gasteiger charge is -2.05. The summed E-state index contributed by atoms with van der Waals surface area (Å²) in [6.45, 7) is 6.68. The van der Waals surface area contributed by atoms with E-state index in [1.54, 1.807) is 26.0 Å². The van der Waals surface area contributed by atoms with Gasteiger partial charge in [0.1, 0.15) is 23.0 Å². The molecule has 202 valence electrons. The number of furan rings is 2. The second-order valence-electron chi connectivity index (χ2n) is 9.97. The molecule has 0 aliphatic heterocycles. The number of nitrogens with zero attached hydrogens (tertiary/aromatic N) is 3. The van der Waals surface area contributed by atoms with Gasteiger partial charge in [-0.3, -0.25) is 0 Å². The van der Waals surface area contributed by atoms with E-state index in [2.05, 4.69) is 60.1 Å². The van der Waals surface area contributed by atoms with Crippen LogP contribution < -0.4 is 10.6 Å². The minimum Gasteiger partial charge on any atom is -0.457 e. The molecular formula is C36H31N3O2. The molecule has 0 fully saturated rings. The number of fused-ring (bicyclic) bond motifs is 3. The maximum Gasteiger partial charge on any atom is 0.134 e. The van der Waals surface area contributed by atoms with Gasteiger partial charge >= 0.3 is 0 Å². The van der Waals surface area contributed by atoms with Crippen molar-refractivity contribution in [1.82, 2.24) is 4.57 Å². The zero-order valence-electron chi connectivity index (χ0n) is 23.5. The third-order valence-corrected chi connectivity index (χ3v) is 6.93. The summed E-state index contributed by atoms with van der Waals surface area (Å²) < 4.78 is 14.7. The van der Waals surface area contributed by atoms with Crippen LogP contribution >= 0.6 is 0 Å². The fourth-order valence-corrected chi connectivity index (χ4v) is 4.92. The van der Waals surface area contributed by atoms with E-state index in [0.717, 1.165) is 53.6 Å². The van der Waals surface area contributed by atoms with Crippen molar-refractivity contribution in [3.05, 3.63) is 112 Å². The van der Waals surface area contributed by atoms with Crippen LogP contribution in [0.4, 0.5) is 0 Å². The summed E-state index contributed by atoms with van der Waals surface area (Å²) in [6.07, 6.45) is 19.5. The molecule has 0 amide bonds. The molecule has 5 nitrogen and oxygen atoms in total. The van der Waals surface area contributed by atoms with E-state index in [0.29, 0.717) is 11.1 Å². The third kappa shape index (κ3) is 6.01. The molecule has 0 spiro atoms. The molecule has 1 aliphatic rings. The normalized spacial score (nSPS) is 13.9. The van der Waals surface area contributed by atoms with Crippen LogP contribution in [0.15, 0.2) is 92.8 Å². The van der Waals surface area contributed by atoms with Crippen molar-refractivity contribution in [3.63, 3.8) is 0 Å². The van der Waals surface area contributed by atoms with Crippen LogP contribution in [-0.4, -0.2) is 4.57 Å². The summed E-state index contributed by atoms with van der Waals surface area (Å²) in [7, 11) is 0. The van der Waals surface area contributed by atoms with Gasteiger partial charge < -0.3 is 13.4 Å². The van der Waals surface area contributed by atoms with Gasteiger partial charge in [-0.2, -0.15) is 10.5 Å². The van der Waals surface area contributed by atoms with Crippen molar-refractivity contribution in [2.75, 3.05) is 0 Å². The molecule has 1 aliphatic carbocycles. The van der Waals surface area contributed by atoms with Crippen LogP contribution in [0.2, 0.25) is 0 Å². The second kappa shape index (κ2) is 12.3. The molecule has 3 heterocycles. The van der Waals surface area contributed by atoms with Crippen molar-refractivity contribution in [1.29, 1.82) is 10.5 Å². The van der Waals surface area contributed by atoms with Crippen LogP contribution in [0.1, 0.15) is 50.9 Å². The van der Waals surface area contributed by atoms with E-state index < -0.39 is 0 Å². The van der Waals surface area contributed by atoms with Crippen molar-refractivity contribution < 1.29 is 8.83 Å². The molecule has 0 atom stereocenters. The fraction of sp³-hybridized carbons (Fsp3) is 0.167. The predicted octanol–water partition coefficient (Wildman–Crippen LogP) is 7.92. The van der Waals surface area contributed by atoms with Crippen molar-refractivity contribution in [2.24, 2.45) is 0 Å². The van der Waals surface area contributed by atoms with Crippen LogP contribution in [0.5, 0.6) is 0 Å². The quantitative estimate of drug-likeness (QED) is 0.169. The number of nitriles is 2. The SMILES string of the molecule is CCCn1c2c(c3cc(-c4ccc(/C=C/C=C(/C)C#N)o4)ccc31)=CC(c1ccc(/C=C/C=C(/C)C#N)o1)=CCC=2. The average molecular weight is 538 g/mol. The minimum absolute atomic E-state index is 0.641. The first-order valence-electron chi connectivity index (χ1n) is 13.8. The smallest absolute Gasteiger partial charge is 0.134 e. The lowest BCUT2D eigenvalue weighted by molar-refractivity contribution is 0.545. The molecule has 0 N–H and O–H groups in total. The lowest BCUT2D eigenvalue weighted by atomic mass is 10.1. The van der Waals surface area contributed by atoms with Gasteiger partial charge in [-0.1, -0.05) is 31.2 Å². The van der Waals surface area contributed by atoms with E-state index in [1.807, 2.05) is 48.6 Å². The van der Waals surface area contributed by atoms with E-state index in [1.165, 1.54) is 21.5 Å². The molecule has 0 saturated carbocycles. The van der Waals surface area contributed by atoms with Gasteiger partial charge in [-0.15, -0.1) is 0 Å². The molecule has 4 aromatic rings. The van der Waals surface area contributed by atoms with E-state index in [9.17, 15) is 0 Å². The van der Waals surface area contributed by atoms with E-state index in [-0.39, 0.29) is 0 Å². The molecule has 0 bridgehead atoms. The number of hydrogen-bond donors (Lipinski definition) is 0. The lowest BCUT2D eigenvalue weighted by Crippen LogP contribution is -2.28. The number of hydrogen-bond acceptors (Lipinski definition) is 4.